The summed E-state index contributed by atoms with van der Waals surface area (Å²) < 4.78 is 0. The van der Waals surface area contributed by atoms with Crippen molar-refractivity contribution in [2.24, 2.45) is 5.73 Å². The molecule has 11 heavy (non-hydrogen) atoms. The Morgan fingerprint density at radius 1 is 1.64 bits per heavy atom. The second-order valence-corrected chi connectivity index (χ2v) is 2.71. The second kappa shape index (κ2) is 4.09. The molecule has 2 N–H and O–H groups in total. The summed E-state index contributed by atoms with van der Waals surface area (Å²) in [6.07, 6.45) is 8.74. The first kappa shape index (κ1) is 8.21. The molecule has 0 bridgehead atoms. The molecule has 0 heterocycles. The van der Waals surface area contributed by atoms with Gasteiger partial charge in [-0.05, 0) is 12.8 Å². The second-order valence-electron chi connectivity index (χ2n) is 2.71. The molecule has 0 aliphatic heterocycles. The third-order valence-corrected chi connectivity index (χ3v) is 1.75. The first-order valence-electron chi connectivity index (χ1n) is 3.89. The molecule has 0 aromatic carbocycles. The quantitative estimate of drug-likeness (QED) is 0.658. The van der Waals surface area contributed by atoms with E-state index in [1.165, 1.54) is 5.57 Å². The van der Waals surface area contributed by atoms with Crippen molar-refractivity contribution >= 4 is 5.78 Å². The Bertz CT molecular complexity index is 204. The predicted molar refractivity (Wildman–Crippen MR) is 45.1 cm³/mol. The summed E-state index contributed by atoms with van der Waals surface area (Å²) in [6, 6.07) is 0. The SMILES string of the molecule is NCC(=O)CC1=CC=CCC1. The van der Waals surface area contributed by atoms with Crippen molar-refractivity contribution in [2.45, 2.75) is 19.3 Å². The third kappa shape index (κ3) is 2.68. The molecule has 0 fully saturated rings. The maximum Gasteiger partial charge on any atom is 0.150 e. The Hall–Kier alpha value is -0.890. The molecule has 0 saturated carbocycles. The Kier molecular flexibility index (Phi) is 3.05. The van der Waals surface area contributed by atoms with Gasteiger partial charge in [0.25, 0.3) is 0 Å². The molecule has 0 aromatic rings. The number of carbonyl (C=O) groups excluding carboxylic acids is 1. The van der Waals surface area contributed by atoms with Crippen LogP contribution in [0.5, 0.6) is 0 Å². The highest BCUT2D eigenvalue weighted by Crippen LogP contribution is 2.14. The highest BCUT2D eigenvalue weighted by Gasteiger charge is 2.04. The average Bonchev–Trinajstić information content (AvgIpc) is 2.06. The summed E-state index contributed by atoms with van der Waals surface area (Å²) in [5, 5.41) is 0. The van der Waals surface area contributed by atoms with E-state index in [2.05, 4.69) is 6.08 Å². The lowest BCUT2D eigenvalue weighted by Gasteiger charge is -2.06. The summed E-state index contributed by atoms with van der Waals surface area (Å²) in [5.74, 6) is 0.131. The van der Waals surface area contributed by atoms with Crippen LogP contribution >= 0.6 is 0 Å². The molecule has 60 valence electrons. The topological polar surface area (TPSA) is 43.1 Å². The maximum atomic E-state index is 10.9. The van der Waals surface area contributed by atoms with Gasteiger partial charge in [0, 0.05) is 6.42 Å². The largest absolute Gasteiger partial charge is 0.324 e. The Morgan fingerprint density at radius 3 is 3.00 bits per heavy atom. The minimum absolute atomic E-state index is 0.131. The van der Waals surface area contributed by atoms with Crippen LogP contribution in [0, 0.1) is 0 Å². The predicted octanol–water partition coefficient (Wildman–Crippen LogP) is 1.18. The van der Waals surface area contributed by atoms with Crippen molar-refractivity contribution in [1.82, 2.24) is 0 Å². The molecule has 0 unspecified atom stereocenters. The van der Waals surface area contributed by atoms with Gasteiger partial charge in [0.15, 0.2) is 0 Å². The van der Waals surface area contributed by atoms with Crippen molar-refractivity contribution in [2.75, 3.05) is 6.54 Å². The lowest BCUT2D eigenvalue weighted by Crippen LogP contribution is -2.13. The van der Waals surface area contributed by atoms with E-state index in [9.17, 15) is 4.79 Å². The number of rotatable bonds is 3. The van der Waals surface area contributed by atoms with E-state index in [1.807, 2.05) is 12.2 Å². The molecule has 2 heteroatoms. The van der Waals surface area contributed by atoms with Gasteiger partial charge in [0.1, 0.15) is 5.78 Å². The van der Waals surface area contributed by atoms with Crippen LogP contribution in [0.2, 0.25) is 0 Å². The lowest BCUT2D eigenvalue weighted by molar-refractivity contribution is -0.117. The van der Waals surface area contributed by atoms with Crippen molar-refractivity contribution < 1.29 is 4.79 Å². The average molecular weight is 151 g/mol. The molecule has 1 aliphatic carbocycles. The lowest BCUT2D eigenvalue weighted by atomic mass is 10.0. The van der Waals surface area contributed by atoms with Crippen LogP contribution in [0.25, 0.3) is 0 Å². The number of carbonyl (C=O) groups is 1. The third-order valence-electron chi connectivity index (χ3n) is 1.75. The molecule has 0 aromatic heterocycles. The van der Waals surface area contributed by atoms with Crippen LogP contribution in [0.3, 0.4) is 0 Å². The summed E-state index contributed by atoms with van der Waals surface area (Å²) in [7, 11) is 0. The number of hydrogen-bond acceptors (Lipinski definition) is 2. The van der Waals surface area contributed by atoms with Crippen molar-refractivity contribution in [3.8, 4) is 0 Å². The van der Waals surface area contributed by atoms with Crippen LogP contribution in [0.1, 0.15) is 19.3 Å². The zero-order valence-electron chi connectivity index (χ0n) is 6.55. The first-order chi connectivity index (χ1) is 5.33. The summed E-state index contributed by atoms with van der Waals surface area (Å²) in [6.45, 7) is 0.168. The molecular weight excluding hydrogens is 138 g/mol. The molecular formula is C9H13NO. The molecule has 1 aliphatic rings. The van der Waals surface area contributed by atoms with Crippen LogP contribution in [-0.4, -0.2) is 12.3 Å². The van der Waals surface area contributed by atoms with Crippen LogP contribution in [-0.2, 0) is 4.79 Å². The van der Waals surface area contributed by atoms with Gasteiger partial charge in [-0.1, -0.05) is 23.8 Å². The minimum Gasteiger partial charge on any atom is -0.324 e. The molecule has 0 radical (unpaired) electrons. The van der Waals surface area contributed by atoms with E-state index < -0.39 is 0 Å². The van der Waals surface area contributed by atoms with Gasteiger partial charge in [-0.15, -0.1) is 0 Å². The van der Waals surface area contributed by atoms with Crippen molar-refractivity contribution in [1.29, 1.82) is 0 Å². The Morgan fingerprint density at radius 2 is 2.45 bits per heavy atom. The monoisotopic (exact) mass is 151 g/mol. The van der Waals surface area contributed by atoms with Crippen molar-refractivity contribution in [3.05, 3.63) is 23.8 Å². The zero-order valence-corrected chi connectivity index (χ0v) is 6.55. The number of ketones is 1. The van der Waals surface area contributed by atoms with Crippen LogP contribution < -0.4 is 5.73 Å². The fourth-order valence-corrected chi connectivity index (χ4v) is 1.13. The number of Topliss-reactive ketones (excluding diaryl/α,β-unsaturated/α-hetero) is 1. The number of allylic oxidation sites excluding steroid dienone is 4. The van der Waals surface area contributed by atoms with E-state index >= 15 is 0 Å². The summed E-state index contributed by atoms with van der Waals surface area (Å²) in [5.41, 5.74) is 6.41. The van der Waals surface area contributed by atoms with Gasteiger partial charge in [-0.25, -0.2) is 0 Å². The summed E-state index contributed by atoms with van der Waals surface area (Å²) >= 11 is 0. The van der Waals surface area contributed by atoms with Gasteiger partial charge in [0.05, 0.1) is 6.54 Å². The van der Waals surface area contributed by atoms with Gasteiger partial charge in [0.2, 0.25) is 0 Å². The summed E-state index contributed by atoms with van der Waals surface area (Å²) in [4.78, 5) is 10.9. The van der Waals surface area contributed by atoms with E-state index in [0.717, 1.165) is 12.8 Å². The normalized spacial score (nSPS) is 16.3. The Labute approximate surface area is 66.8 Å². The number of hydrogen-bond donors (Lipinski definition) is 1. The fraction of sp³-hybridized carbons (Fsp3) is 0.444. The van der Waals surface area contributed by atoms with E-state index in [-0.39, 0.29) is 12.3 Å². The minimum atomic E-state index is 0.131. The van der Waals surface area contributed by atoms with Gasteiger partial charge in [-0.3, -0.25) is 4.79 Å². The molecule has 0 atom stereocenters. The number of nitrogens with two attached hydrogens (primary N) is 1. The molecule has 1 rings (SSSR count). The highest BCUT2D eigenvalue weighted by molar-refractivity contribution is 5.82. The molecule has 0 amide bonds. The van der Waals surface area contributed by atoms with Gasteiger partial charge in [-0.2, -0.15) is 0 Å². The van der Waals surface area contributed by atoms with E-state index in [0.29, 0.717) is 6.42 Å². The molecule has 0 saturated heterocycles. The van der Waals surface area contributed by atoms with E-state index in [4.69, 9.17) is 5.73 Å². The standard InChI is InChI=1S/C9H13NO/c10-7-9(11)6-8-4-2-1-3-5-8/h1-2,4H,3,5-7,10H2. The van der Waals surface area contributed by atoms with Gasteiger partial charge < -0.3 is 5.73 Å². The Balaban J connectivity index is 2.42. The van der Waals surface area contributed by atoms with E-state index in [1.54, 1.807) is 0 Å². The van der Waals surface area contributed by atoms with Crippen LogP contribution in [0.4, 0.5) is 0 Å². The first-order valence-corrected chi connectivity index (χ1v) is 3.89. The zero-order chi connectivity index (χ0) is 8.10. The maximum absolute atomic E-state index is 10.9. The molecule has 0 spiro atoms. The van der Waals surface area contributed by atoms with Gasteiger partial charge >= 0.3 is 0 Å². The molecule has 2 nitrogen and oxygen atoms in total. The van der Waals surface area contributed by atoms with Crippen LogP contribution in [0.15, 0.2) is 23.8 Å². The highest BCUT2D eigenvalue weighted by atomic mass is 16.1. The van der Waals surface area contributed by atoms with Crippen molar-refractivity contribution in [3.63, 3.8) is 0 Å². The smallest absolute Gasteiger partial charge is 0.150 e. The fourth-order valence-electron chi connectivity index (χ4n) is 1.13.